The molecule has 1 aliphatic heterocycles. The highest BCUT2D eigenvalue weighted by molar-refractivity contribution is 6.30. The second-order valence-electron chi connectivity index (χ2n) is 6.39. The van der Waals surface area contributed by atoms with Gasteiger partial charge in [-0.2, -0.15) is 0 Å². The summed E-state index contributed by atoms with van der Waals surface area (Å²) in [5.74, 6) is 0.477. The molecule has 0 bridgehead atoms. The third kappa shape index (κ3) is 3.10. The van der Waals surface area contributed by atoms with Crippen LogP contribution in [0.5, 0.6) is 0 Å². The molecule has 1 aliphatic carbocycles. The summed E-state index contributed by atoms with van der Waals surface area (Å²) >= 11 is 5.93. The summed E-state index contributed by atoms with van der Waals surface area (Å²) in [7, 11) is 0. The van der Waals surface area contributed by atoms with Crippen LogP contribution in [0.4, 0.5) is 0 Å². The van der Waals surface area contributed by atoms with Crippen LogP contribution in [0.2, 0.25) is 5.02 Å². The van der Waals surface area contributed by atoms with Gasteiger partial charge >= 0.3 is 0 Å². The highest BCUT2D eigenvalue weighted by Gasteiger charge is 2.32. The summed E-state index contributed by atoms with van der Waals surface area (Å²) in [6.45, 7) is 1.39. The number of carbonyl (C=O) groups excluding carboxylic acids is 2. The summed E-state index contributed by atoms with van der Waals surface area (Å²) in [5.41, 5.74) is 1.84. The zero-order chi connectivity index (χ0) is 17.4. The molecule has 1 aromatic heterocycles. The minimum atomic E-state index is -0.201. The molecule has 1 amide bonds. The summed E-state index contributed by atoms with van der Waals surface area (Å²) in [4.78, 5) is 26.9. The van der Waals surface area contributed by atoms with Gasteiger partial charge in [0, 0.05) is 24.4 Å². The number of hydrogen-bond donors (Lipinski definition) is 0. The minimum absolute atomic E-state index is 0.000797. The van der Waals surface area contributed by atoms with Crippen LogP contribution >= 0.6 is 11.6 Å². The Bertz CT molecular complexity index is 811. The summed E-state index contributed by atoms with van der Waals surface area (Å²) in [6.07, 6.45) is 3.20. The van der Waals surface area contributed by atoms with Crippen LogP contribution in [0.1, 0.15) is 51.0 Å². The molecule has 5 nitrogen and oxygen atoms in total. The molecule has 0 N–H and O–H groups in total. The van der Waals surface area contributed by atoms with Crippen molar-refractivity contribution in [3.8, 4) is 0 Å². The summed E-state index contributed by atoms with van der Waals surface area (Å²) in [6, 6.07) is 7.44. The first-order chi connectivity index (χ1) is 12.1. The second-order valence-corrected chi connectivity index (χ2v) is 6.82. The van der Waals surface area contributed by atoms with Crippen molar-refractivity contribution in [1.82, 2.24) is 4.90 Å². The number of carbonyl (C=O) groups is 2. The molecule has 4 rings (SSSR count). The van der Waals surface area contributed by atoms with E-state index in [1.807, 2.05) is 24.3 Å². The molecule has 0 radical (unpaired) electrons. The lowest BCUT2D eigenvalue weighted by atomic mass is 9.93. The second kappa shape index (κ2) is 6.65. The lowest BCUT2D eigenvalue weighted by Crippen LogP contribution is -2.42. The number of fused-ring (bicyclic) bond motifs is 1. The highest BCUT2D eigenvalue weighted by atomic mass is 35.5. The van der Waals surface area contributed by atoms with E-state index in [4.69, 9.17) is 20.8 Å². The van der Waals surface area contributed by atoms with Gasteiger partial charge in [0.25, 0.3) is 5.91 Å². The number of morpholine rings is 1. The Morgan fingerprint density at radius 2 is 2.00 bits per heavy atom. The van der Waals surface area contributed by atoms with Gasteiger partial charge < -0.3 is 14.1 Å². The summed E-state index contributed by atoms with van der Waals surface area (Å²) in [5, 5.41) is 0.663. The first kappa shape index (κ1) is 16.4. The zero-order valence-electron chi connectivity index (χ0n) is 13.7. The van der Waals surface area contributed by atoms with E-state index in [-0.39, 0.29) is 17.8 Å². The van der Waals surface area contributed by atoms with E-state index >= 15 is 0 Å². The third-order valence-corrected chi connectivity index (χ3v) is 5.03. The predicted octanol–water partition coefficient (Wildman–Crippen LogP) is 3.67. The topological polar surface area (TPSA) is 59.8 Å². The Hall–Kier alpha value is -2.11. The number of aryl methyl sites for hydroxylation is 1. The number of nitrogens with zero attached hydrogens (tertiary/aromatic N) is 1. The van der Waals surface area contributed by atoms with Crippen molar-refractivity contribution >= 4 is 23.3 Å². The predicted molar refractivity (Wildman–Crippen MR) is 92.0 cm³/mol. The molecule has 1 fully saturated rings. The van der Waals surface area contributed by atoms with Crippen molar-refractivity contribution in [2.45, 2.75) is 25.4 Å². The molecular formula is C19H18ClNO4. The van der Waals surface area contributed by atoms with Crippen LogP contribution in [-0.4, -0.2) is 36.3 Å². The maximum atomic E-state index is 12.9. The average Bonchev–Trinajstić information content (AvgIpc) is 3.07. The Balaban J connectivity index is 1.55. The molecule has 6 heteroatoms. The van der Waals surface area contributed by atoms with E-state index in [0.717, 1.165) is 12.0 Å². The molecular weight excluding hydrogens is 342 g/mol. The molecule has 2 aliphatic rings. The number of hydrogen-bond acceptors (Lipinski definition) is 4. The number of benzene rings is 1. The fourth-order valence-corrected chi connectivity index (χ4v) is 3.59. The average molecular weight is 360 g/mol. The summed E-state index contributed by atoms with van der Waals surface area (Å²) < 4.78 is 11.3. The van der Waals surface area contributed by atoms with Gasteiger partial charge in [-0.15, -0.1) is 0 Å². The van der Waals surface area contributed by atoms with Gasteiger partial charge in [0.2, 0.25) is 0 Å². The van der Waals surface area contributed by atoms with Crippen molar-refractivity contribution in [1.29, 1.82) is 0 Å². The van der Waals surface area contributed by atoms with Crippen LogP contribution in [0.3, 0.4) is 0 Å². The van der Waals surface area contributed by atoms with E-state index in [1.165, 1.54) is 6.26 Å². The molecule has 0 unspecified atom stereocenters. The standard InChI is InChI=1S/C19H18ClNO4/c20-13-6-4-12(5-7-13)17-10-21(8-9-24-17)19(23)14-11-25-16-3-1-2-15(22)18(14)16/h4-7,11,17H,1-3,8-10H2/t17-/m0/s1. The number of amides is 1. The molecule has 1 atom stereocenters. The van der Waals surface area contributed by atoms with Gasteiger partial charge in [-0.1, -0.05) is 23.7 Å². The molecule has 2 aromatic rings. The fraction of sp³-hybridized carbons (Fsp3) is 0.368. The van der Waals surface area contributed by atoms with E-state index in [2.05, 4.69) is 0 Å². The quantitative estimate of drug-likeness (QED) is 0.821. The van der Waals surface area contributed by atoms with Gasteiger partial charge in [0.05, 0.1) is 24.3 Å². The monoisotopic (exact) mass is 359 g/mol. The molecule has 25 heavy (non-hydrogen) atoms. The Labute approximate surface area is 150 Å². The largest absolute Gasteiger partial charge is 0.468 e. The fourth-order valence-electron chi connectivity index (χ4n) is 3.46. The SMILES string of the molecule is O=C1CCCc2occ(C(=O)N3CCO[C@H](c4ccc(Cl)cc4)C3)c21. The molecule has 1 aromatic carbocycles. The first-order valence-electron chi connectivity index (χ1n) is 8.43. The Morgan fingerprint density at radius 3 is 2.80 bits per heavy atom. The van der Waals surface area contributed by atoms with Gasteiger partial charge in [-0.3, -0.25) is 9.59 Å². The molecule has 0 spiro atoms. The lowest BCUT2D eigenvalue weighted by molar-refractivity contribution is -0.0228. The maximum absolute atomic E-state index is 12.9. The smallest absolute Gasteiger partial charge is 0.258 e. The molecule has 0 saturated carbocycles. The van der Waals surface area contributed by atoms with Crippen molar-refractivity contribution in [2.75, 3.05) is 19.7 Å². The number of halogens is 1. The van der Waals surface area contributed by atoms with Gasteiger partial charge in [0.1, 0.15) is 18.1 Å². The number of furan rings is 1. The van der Waals surface area contributed by atoms with E-state index in [0.29, 0.717) is 54.4 Å². The van der Waals surface area contributed by atoms with E-state index in [1.54, 1.807) is 4.90 Å². The van der Waals surface area contributed by atoms with Crippen molar-refractivity contribution in [3.63, 3.8) is 0 Å². The Morgan fingerprint density at radius 1 is 1.20 bits per heavy atom. The van der Waals surface area contributed by atoms with Gasteiger partial charge in [0.15, 0.2) is 5.78 Å². The van der Waals surface area contributed by atoms with Crippen molar-refractivity contribution in [2.24, 2.45) is 0 Å². The van der Waals surface area contributed by atoms with Crippen LogP contribution in [0.25, 0.3) is 0 Å². The highest BCUT2D eigenvalue weighted by Crippen LogP contribution is 2.29. The first-order valence-corrected chi connectivity index (χ1v) is 8.81. The molecule has 1 saturated heterocycles. The Kier molecular flexibility index (Phi) is 4.36. The van der Waals surface area contributed by atoms with Crippen LogP contribution in [0, 0.1) is 0 Å². The van der Waals surface area contributed by atoms with Gasteiger partial charge in [-0.25, -0.2) is 0 Å². The number of Topliss-reactive ketones (excluding diaryl/α,β-unsaturated/α-hetero) is 1. The normalized spacial score (nSPS) is 20.4. The van der Waals surface area contributed by atoms with Gasteiger partial charge in [-0.05, 0) is 24.1 Å². The minimum Gasteiger partial charge on any atom is -0.468 e. The van der Waals surface area contributed by atoms with Crippen LogP contribution in [-0.2, 0) is 11.2 Å². The van der Waals surface area contributed by atoms with E-state index in [9.17, 15) is 9.59 Å². The third-order valence-electron chi connectivity index (χ3n) is 4.78. The van der Waals surface area contributed by atoms with Crippen molar-refractivity contribution in [3.05, 3.63) is 58.0 Å². The molecule has 130 valence electrons. The van der Waals surface area contributed by atoms with E-state index < -0.39 is 0 Å². The maximum Gasteiger partial charge on any atom is 0.258 e. The van der Waals surface area contributed by atoms with Crippen molar-refractivity contribution < 1.29 is 18.7 Å². The number of rotatable bonds is 2. The zero-order valence-corrected chi connectivity index (χ0v) is 14.4. The van der Waals surface area contributed by atoms with Crippen LogP contribution in [0.15, 0.2) is 34.9 Å². The molecule has 2 heterocycles. The van der Waals surface area contributed by atoms with Crippen LogP contribution < -0.4 is 0 Å². The number of ketones is 1. The number of ether oxygens (including phenoxy) is 1. The lowest BCUT2D eigenvalue weighted by Gasteiger charge is -2.33.